The van der Waals surface area contributed by atoms with Crippen molar-refractivity contribution in [2.24, 2.45) is 7.05 Å². The Hall–Kier alpha value is -4.28. The van der Waals surface area contributed by atoms with Crippen LogP contribution < -0.4 is 10.6 Å². The molecule has 7 nitrogen and oxygen atoms in total. The number of nitriles is 1. The van der Waals surface area contributed by atoms with E-state index in [2.05, 4.69) is 33.7 Å². The predicted octanol–water partition coefficient (Wildman–Crippen LogP) is 4.74. The standard InChI is InChI=1S/C28H28N6O/c1-19(22-11-9-21(15-29)10-12-22)16-31-27(23-7-5-4-6-8-23)28(35)32-26-14-13-24(17-30-26)25-18-34(3)33-20(25)2/h4-14,17-19,27,31H,16H2,1-3H3,(H,30,32,35)/t19-,27-/m1/s1. The third-order valence-electron chi connectivity index (χ3n) is 5.97. The number of pyridine rings is 1. The van der Waals surface area contributed by atoms with Crippen LogP contribution in [0.4, 0.5) is 5.82 Å². The highest BCUT2D eigenvalue weighted by Crippen LogP contribution is 2.23. The summed E-state index contributed by atoms with van der Waals surface area (Å²) in [5, 5.41) is 19.8. The number of aryl methyl sites for hydroxylation is 2. The summed E-state index contributed by atoms with van der Waals surface area (Å²) in [6, 6.07) is 22.5. The van der Waals surface area contributed by atoms with Crippen molar-refractivity contribution in [2.45, 2.75) is 25.8 Å². The van der Waals surface area contributed by atoms with Gasteiger partial charge in [0.05, 0.1) is 17.3 Å². The first kappa shape index (κ1) is 23.9. The average Bonchev–Trinajstić information content (AvgIpc) is 3.22. The second kappa shape index (κ2) is 10.8. The minimum atomic E-state index is -0.543. The molecule has 0 saturated carbocycles. The van der Waals surface area contributed by atoms with Crippen molar-refractivity contribution in [3.63, 3.8) is 0 Å². The van der Waals surface area contributed by atoms with Crippen LogP contribution in [-0.4, -0.2) is 27.2 Å². The smallest absolute Gasteiger partial charge is 0.247 e. The van der Waals surface area contributed by atoms with Crippen LogP contribution in [-0.2, 0) is 11.8 Å². The minimum Gasteiger partial charge on any atom is -0.309 e. The fourth-order valence-corrected chi connectivity index (χ4v) is 4.01. The van der Waals surface area contributed by atoms with E-state index in [9.17, 15) is 4.79 Å². The van der Waals surface area contributed by atoms with Gasteiger partial charge in [0.2, 0.25) is 5.91 Å². The van der Waals surface area contributed by atoms with Gasteiger partial charge in [-0.05, 0) is 48.2 Å². The maximum Gasteiger partial charge on any atom is 0.247 e. The van der Waals surface area contributed by atoms with E-state index in [4.69, 9.17) is 5.26 Å². The van der Waals surface area contributed by atoms with Crippen molar-refractivity contribution in [3.05, 3.63) is 102 Å². The normalized spacial score (nSPS) is 12.5. The molecule has 0 aliphatic rings. The van der Waals surface area contributed by atoms with Crippen LogP contribution in [0, 0.1) is 18.3 Å². The summed E-state index contributed by atoms with van der Waals surface area (Å²) in [4.78, 5) is 17.8. The van der Waals surface area contributed by atoms with Crippen molar-refractivity contribution < 1.29 is 4.79 Å². The Balaban J connectivity index is 1.47. The molecule has 0 fully saturated rings. The summed E-state index contributed by atoms with van der Waals surface area (Å²) in [5.41, 5.74) is 5.50. The maximum atomic E-state index is 13.3. The SMILES string of the molecule is Cc1nn(C)cc1-c1ccc(NC(=O)[C@H](NC[C@@H](C)c2ccc(C#N)cc2)c2ccccc2)nc1. The predicted molar refractivity (Wildman–Crippen MR) is 137 cm³/mol. The first-order chi connectivity index (χ1) is 16.9. The van der Waals surface area contributed by atoms with Crippen LogP contribution in [0.2, 0.25) is 0 Å². The average molecular weight is 465 g/mol. The first-order valence-corrected chi connectivity index (χ1v) is 11.5. The Labute approximate surface area is 205 Å². The zero-order valence-corrected chi connectivity index (χ0v) is 20.1. The summed E-state index contributed by atoms with van der Waals surface area (Å²) >= 11 is 0. The number of aromatic nitrogens is 3. The molecule has 2 aromatic carbocycles. The van der Waals surface area contributed by atoms with Crippen molar-refractivity contribution in [1.29, 1.82) is 5.26 Å². The molecular formula is C28H28N6O. The zero-order chi connectivity index (χ0) is 24.8. The molecule has 4 aromatic rings. The van der Waals surface area contributed by atoms with Gasteiger partial charge in [-0.1, -0.05) is 49.4 Å². The first-order valence-electron chi connectivity index (χ1n) is 11.5. The van der Waals surface area contributed by atoms with Gasteiger partial charge in [-0.3, -0.25) is 9.48 Å². The molecule has 176 valence electrons. The lowest BCUT2D eigenvalue weighted by molar-refractivity contribution is -0.118. The second-order valence-electron chi connectivity index (χ2n) is 8.61. The second-order valence-corrected chi connectivity index (χ2v) is 8.61. The van der Waals surface area contributed by atoms with E-state index < -0.39 is 6.04 Å². The molecule has 0 bridgehead atoms. The van der Waals surface area contributed by atoms with Gasteiger partial charge in [-0.2, -0.15) is 10.4 Å². The third-order valence-corrected chi connectivity index (χ3v) is 5.97. The lowest BCUT2D eigenvalue weighted by atomic mass is 9.98. The molecule has 2 N–H and O–H groups in total. The third kappa shape index (κ3) is 5.81. The molecule has 7 heteroatoms. The van der Waals surface area contributed by atoms with E-state index in [1.165, 1.54) is 0 Å². The molecular weight excluding hydrogens is 436 g/mol. The number of amides is 1. The van der Waals surface area contributed by atoms with Crippen LogP contribution in [0.5, 0.6) is 0 Å². The summed E-state index contributed by atoms with van der Waals surface area (Å²) in [5.74, 6) is 0.464. The number of benzene rings is 2. The van der Waals surface area contributed by atoms with E-state index in [0.29, 0.717) is 17.9 Å². The molecule has 0 unspecified atom stereocenters. The highest BCUT2D eigenvalue weighted by Gasteiger charge is 2.22. The monoisotopic (exact) mass is 464 g/mol. The summed E-state index contributed by atoms with van der Waals surface area (Å²) in [6.07, 6.45) is 3.70. The van der Waals surface area contributed by atoms with Crippen molar-refractivity contribution in [3.8, 4) is 17.2 Å². The number of hydrogen-bond acceptors (Lipinski definition) is 5. The minimum absolute atomic E-state index is 0.155. The van der Waals surface area contributed by atoms with Crippen LogP contribution in [0.1, 0.15) is 41.3 Å². The molecule has 35 heavy (non-hydrogen) atoms. The van der Waals surface area contributed by atoms with Gasteiger partial charge in [0.1, 0.15) is 11.9 Å². The molecule has 2 atom stereocenters. The van der Waals surface area contributed by atoms with Gasteiger partial charge >= 0.3 is 0 Å². The number of nitrogens with one attached hydrogen (secondary N) is 2. The van der Waals surface area contributed by atoms with Crippen LogP contribution in [0.25, 0.3) is 11.1 Å². The maximum absolute atomic E-state index is 13.3. The zero-order valence-electron chi connectivity index (χ0n) is 20.1. The van der Waals surface area contributed by atoms with Crippen LogP contribution >= 0.6 is 0 Å². The van der Waals surface area contributed by atoms with E-state index in [-0.39, 0.29) is 11.8 Å². The molecule has 0 aliphatic heterocycles. The summed E-state index contributed by atoms with van der Waals surface area (Å²) in [6.45, 7) is 4.64. The van der Waals surface area contributed by atoms with E-state index in [0.717, 1.165) is 27.9 Å². The van der Waals surface area contributed by atoms with Gasteiger partial charge in [-0.15, -0.1) is 0 Å². The van der Waals surface area contributed by atoms with Gasteiger partial charge in [0.25, 0.3) is 0 Å². The molecule has 0 spiro atoms. The molecule has 2 heterocycles. The Morgan fingerprint density at radius 1 is 1.06 bits per heavy atom. The van der Waals surface area contributed by atoms with E-state index in [1.807, 2.05) is 80.8 Å². The molecule has 0 saturated heterocycles. The molecule has 4 rings (SSSR count). The summed E-state index contributed by atoms with van der Waals surface area (Å²) < 4.78 is 1.77. The van der Waals surface area contributed by atoms with Gasteiger partial charge in [-0.25, -0.2) is 4.98 Å². The number of carbonyl (C=O) groups is 1. The number of hydrogen-bond donors (Lipinski definition) is 2. The number of nitrogens with zero attached hydrogens (tertiary/aromatic N) is 4. The van der Waals surface area contributed by atoms with E-state index >= 15 is 0 Å². The highest BCUT2D eigenvalue weighted by molar-refractivity contribution is 5.95. The molecule has 2 aromatic heterocycles. The van der Waals surface area contributed by atoms with E-state index in [1.54, 1.807) is 16.9 Å². The Kier molecular flexibility index (Phi) is 7.34. The van der Waals surface area contributed by atoms with Crippen LogP contribution in [0.15, 0.2) is 79.1 Å². The highest BCUT2D eigenvalue weighted by atomic mass is 16.2. The quantitative estimate of drug-likeness (QED) is 0.393. The lowest BCUT2D eigenvalue weighted by Gasteiger charge is -2.21. The van der Waals surface area contributed by atoms with Crippen molar-refractivity contribution in [2.75, 3.05) is 11.9 Å². The fourth-order valence-electron chi connectivity index (χ4n) is 4.01. The molecule has 0 radical (unpaired) electrons. The number of rotatable bonds is 8. The Morgan fingerprint density at radius 3 is 2.40 bits per heavy atom. The topological polar surface area (TPSA) is 95.6 Å². The number of carbonyl (C=O) groups excluding carboxylic acids is 1. The van der Waals surface area contributed by atoms with Crippen molar-refractivity contribution in [1.82, 2.24) is 20.1 Å². The number of anilines is 1. The van der Waals surface area contributed by atoms with Gasteiger partial charge < -0.3 is 10.6 Å². The largest absolute Gasteiger partial charge is 0.309 e. The van der Waals surface area contributed by atoms with Gasteiger partial charge in [0, 0.05) is 37.1 Å². The Bertz CT molecular complexity index is 1320. The fraction of sp³-hybridized carbons (Fsp3) is 0.214. The summed E-state index contributed by atoms with van der Waals surface area (Å²) in [7, 11) is 1.89. The molecule has 1 amide bonds. The Morgan fingerprint density at radius 2 is 1.80 bits per heavy atom. The van der Waals surface area contributed by atoms with Gasteiger partial charge in [0.15, 0.2) is 0 Å². The van der Waals surface area contributed by atoms with Crippen LogP contribution in [0.3, 0.4) is 0 Å². The lowest BCUT2D eigenvalue weighted by Crippen LogP contribution is -2.35. The van der Waals surface area contributed by atoms with Crippen molar-refractivity contribution >= 4 is 11.7 Å². The molecule has 0 aliphatic carbocycles.